The Hall–Kier alpha value is -5.08. The molecule has 8 nitrogen and oxygen atoms in total. The van der Waals surface area contributed by atoms with Gasteiger partial charge in [-0.2, -0.15) is 0 Å². The second kappa shape index (κ2) is 13.1. The maximum atomic E-state index is 13.5. The zero-order valence-electron chi connectivity index (χ0n) is 23.2. The first kappa shape index (κ1) is 28.4. The van der Waals surface area contributed by atoms with Crippen LogP contribution in [0.4, 0.5) is 5.95 Å². The van der Waals surface area contributed by atoms with Gasteiger partial charge in [-0.15, -0.1) is 0 Å². The molecule has 0 fully saturated rings. The molecule has 0 unspecified atom stereocenters. The number of hydrogen-bond donors (Lipinski definition) is 1. The van der Waals surface area contributed by atoms with Crippen molar-refractivity contribution in [2.75, 3.05) is 26.1 Å². The highest BCUT2D eigenvalue weighted by atomic mass is 35.5. The second-order valence-electron chi connectivity index (χ2n) is 9.45. The normalized spacial score (nSPS) is 10.6. The third-order valence-corrected chi connectivity index (χ3v) is 6.87. The smallest absolute Gasteiger partial charge is 0.254 e. The van der Waals surface area contributed by atoms with Gasteiger partial charge in [0.1, 0.15) is 18.0 Å². The average Bonchev–Trinajstić information content (AvgIpc) is 3.44. The molecule has 0 aliphatic carbocycles. The molecule has 4 aromatic carbocycles. The lowest BCUT2D eigenvalue weighted by Crippen LogP contribution is -2.38. The van der Waals surface area contributed by atoms with Crippen LogP contribution in [0.3, 0.4) is 0 Å². The highest BCUT2D eigenvalue weighted by Gasteiger charge is 2.21. The Labute approximate surface area is 249 Å². The number of hydrogen-bond acceptors (Lipinski definition) is 5. The number of nitrogens with zero attached hydrogens (tertiary/aromatic N) is 3. The summed E-state index contributed by atoms with van der Waals surface area (Å²) in [6.45, 7) is 0.0590. The highest BCUT2D eigenvalue weighted by molar-refractivity contribution is 6.30. The number of imidazole rings is 1. The molecule has 5 rings (SSSR count). The molecule has 212 valence electrons. The molecule has 9 heteroatoms. The molecule has 0 radical (unpaired) electrons. The van der Waals surface area contributed by atoms with E-state index in [0.29, 0.717) is 28.0 Å². The first-order chi connectivity index (χ1) is 20.4. The molecular formula is C33H29ClN4O4. The minimum atomic E-state index is -0.394. The predicted molar refractivity (Wildman–Crippen MR) is 163 cm³/mol. The maximum absolute atomic E-state index is 13.5. The third kappa shape index (κ3) is 6.79. The topological polar surface area (TPSA) is 85.7 Å². The number of aromatic nitrogens is 2. The summed E-state index contributed by atoms with van der Waals surface area (Å²) in [6.07, 6.45) is 1.85. The Morgan fingerprint density at radius 3 is 2.07 bits per heavy atom. The van der Waals surface area contributed by atoms with Crippen molar-refractivity contribution in [3.63, 3.8) is 0 Å². The van der Waals surface area contributed by atoms with E-state index in [1.165, 1.54) is 4.90 Å². The summed E-state index contributed by atoms with van der Waals surface area (Å²) in [6, 6.07) is 31.1. The molecule has 42 heavy (non-hydrogen) atoms. The Bertz CT molecular complexity index is 1650. The van der Waals surface area contributed by atoms with Gasteiger partial charge in [0.05, 0.1) is 19.9 Å². The van der Waals surface area contributed by atoms with Crippen molar-refractivity contribution in [1.82, 2.24) is 14.5 Å². The Morgan fingerprint density at radius 2 is 1.45 bits per heavy atom. The quantitative estimate of drug-likeness (QED) is 0.204. The molecule has 0 saturated carbocycles. The van der Waals surface area contributed by atoms with E-state index in [4.69, 9.17) is 26.1 Å². The van der Waals surface area contributed by atoms with E-state index in [1.54, 1.807) is 43.1 Å². The molecule has 2 amide bonds. The van der Waals surface area contributed by atoms with Gasteiger partial charge in [0.25, 0.3) is 5.91 Å². The number of anilines is 1. The van der Waals surface area contributed by atoms with Crippen LogP contribution in [-0.2, 0) is 11.3 Å². The van der Waals surface area contributed by atoms with Crippen LogP contribution < -0.4 is 14.8 Å². The molecular weight excluding hydrogens is 552 g/mol. The lowest BCUT2D eigenvalue weighted by molar-refractivity contribution is -0.117. The molecule has 0 saturated heterocycles. The van der Waals surface area contributed by atoms with E-state index in [1.807, 2.05) is 85.1 Å². The predicted octanol–water partition coefficient (Wildman–Crippen LogP) is 6.49. The number of amides is 2. The first-order valence-electron chi connectivity index (χ1n) is 13.2. The maximum Gasteiger partial charge on any atom is 0.254 e. The molecule has 0 spiro atoms. The molecule has 1 N–H and O–H groups in total. The van der Waals surface area contributed by atoms with Crippen LogP contribution >= 0.6 is 11.6 Å². The molecule has 5 aromatic rings. The number of ether oxygens (including phenoxy) is 2. The number of carbonyl (C=O) groups excluding carboxylic acids is 2. The van der Waals surface area contributed by atoms with Gasteiger partial charge in [0, 0.05) is 34.6 Å². The molecule has 0 aliphatic rings. The van der Waals surface area contributed by atoms with Crippen molar-refractivity contribution in [3.8, 4) is 28.4 Å². The number of methoxy groups -OCH3 is 2. The van der Waals surface area contributed by atoms with Crippen LogP contribution in [-0.4, -0.2) is 47.0 Å². The fraction of sp³-hybridized carbons (Fsp3) is 0.121. The Kier molecular flexibility index (Phi) is 8.84. The van der Waals surface area contributed by atoms with Crippen molar-refractivity contribution >= 4 is 29.4 Å². The summed E-state index contributed by atoms with van der Waals surface area (Å²) in [5.74, 6) is 1.07. The fourth-order valence-corrected chi connectivity index (χ4v) is 4.55. The molecule has 1 aromatic heterocycles. The van der Waals surface area contributed by atoms with Crippen LogP contribution in [0.5, 0.6) is 11.5 Å². The summed E-state index contributed by atoms with van der Waals surface area (Å²) in [4.78, 5) is 33.2. The van der Waals surface area contributed by atoms with Crippen LogP contribution in [0, 0.1) is 0 Å². The van der Waals surface area contributed by atoms with Gasteiger partial charge in [-0.3, -0.25) is 19.5 Å². The molecule has 0 bridgehead atoms. The Morgan fingerprint density at radius 1 is 0.833 bits per heavy atom. The third-order valence-electron chi connectivity index (χ3n) is 6.62. The molecule has 1 heterocycles. The number of benzene rings is 4. The van der Waals surface area contributed by atoms with Crippen LogP contribution in [0.1, 0.15) is 15.9 Å². The zero-order chi connectivity index (χ0) is 29.5. The van der Waals surface area contributed by atoms with Gasteiger partial charge in [-0.1, -0.05) is 41.9 Å². The monoisotopic (exact) mass is 580 g/mol. The van der Waals surface area contributed by atoms with Crippen LogP contribution in [0.2, 0.25) is 5.02 Å². The van der Waals surface area contributed by atoms with E-state index in [9.17, 15) is 9.59 Å². The van der Waals surface area contributed by atoms with E-state index in [0.717, 1.165) is 22.6 Å². The minimum absolute atomic E-state index is 0.191. The van der Waals surface area contributed by atoms with E-state index >= 15 is 0 Å². The van der Waals surface area contributed by atoms with Crippen molar-refractivity contribution in [2.24, 2.45) is 0 Å². The van der Waals surface area contributed by atoms with Gasteiger partial charge in [-0.05, 0) is 78.4 Å². The van der Waals surface area contributed by atoms with Crippen molar-refractivity contribution in [2.45, 2.75) is 6.54 Å². The van der Waals surface area contributed by atoms with E-state index < -0.39 is 5.91 Å². The van der Waals surface area contributed by atoms with Crippen molar-refractivity contribution < 1.29 is 19.1 Å². The van der Waals surface area contributed by atoms with Crippen molar-refractivity contribution in [1.29, 1.82) is 0 Å². The largest absolute Gasteiger partial charge is 0.497 e. The number of carbonyl (C=O) groups is 2. The summed E-state index contributed by atoms with van der Waals surface area (Å²) < 4.78 is 12.4. The van der Waals surface area contributed by atoms with Crippen LogP contribution in [0.25, 0.3) is 16.9 Å². The van der Waals surface area contributed by atoms with Gasteiger partial charge < -0.3 is 14.4 Å². The number of halogens is 1. The lowest BCUT2D eigenvalue weighted by Gasteiger charge is -2.22. The van der Waals surface area contributed by atoms with Gasteiger partial charge in [-0.25, -0.2) is 4.98 Å². The summed E-state index contributed by atoms with van der Waals surface area (Å²) >= 11 is 6.03. The lowest BCUT2D eigenvalue weighted by atomic mass is 10.1. The van der Waals surface area contributed by atoms with Gasteiger partial charge >= 0.3 is 0 Å². The zero-order valence-corrected chi connectivity index (χ0v) is 23.9. The van der Waals surface area contributed by atoms with Gasteiger partial charge in [0.2, 0.25) is 11.9 Å². The van der Waals surface area contributed by atoms with Crippen LogP contribution in [0.15, 0.2) is 109 Å². The SMILES string of the molecule is COc1ccc(-c2cn(-c3ccc(OC)cc3)c(NC(=O)CN(Cc3ccccc3)C(=O)c3ccc(Cl)cc3)n2)cc1. The average molecular weight is 581 g/mol. The molecule has 0 atom stereocenters. The van der Waals surface area contributed by atoms with Crippen molar-refractivity contribution in [3.05, 3.63) is 125 Å². The minimum Gasteiger partial charge on any atom is -0.497 e. The molecule has 0 aliphatic heterocycles. The number of nitrogens with one attached hydrogen (secondary N) is 1. The van der Waals surface area contributed by atoms with E-state index in [2.05, 4.69) is 5.32 Å². The number of rotatable bonds is 10. The highest BCUT2D eigenvalue weighted by Crippen LogP contribution is 2.27. The van der Waals surface area contributed by atoms with Gasteiger partial charge in [0.15, 0.2) is 0 Å². The summed E-state index contributed by atoms with van der Waals surface area (Å²) in [5, 5.41) is 3.45. The summed E-state index contributed by atoms with van der Waals surface area (Å²) in [7, 11) is 3.21. The van der Waals surface area contributed by atoms with E-state index in [-0.39, 0.29) is 19.0 Å². The summed E-state index contributed by atoms with van der Waals surface area (Å²) in [5.41, 5.74) is 3.61. The fourth-order valence-electron chi connectivity index (χ4n) is 4.42. The Balaban J connectivity index is 1.44. The second-order valence-corrected chi connectivity index (χ2v) is 9.88. The standard InChI is InChI=1S/C33H29ClN4O4/c1-41-28-16-10-24(11-17-28)30-21-38(27-14-18-29(42-2)19-15-27)33(35-30)36-31(39)22-37(20-23-6-4-3-5-7-23)32(40)25-8-12-26(34)13-9-25/h3-19,21H,20,22H2,1-2H3,(H,35,36,39). The first-order valence-corrected chi connectivity index (χ1v) is 13.6.